The van der Waals surface area contributed by atoms with Crippen LogP contribution in [-0.2, 0) is 14.9 Å². The fourth-order valence-corrected chi connectivity index (χ4v) is 3.49. The van der Waals surface area contributed by atoms with Crippen molar-refractivity contribution in [1.29, 1.82) is 0 Å². The Hall–Kier alpha value is -3.13. The second-order valence-electron chi connectivity index (χ2n) is 6.04. The van der Waals surface area contributed by atoms with E-state index in [2.05, 4.69) is 5.32 Å². The van der Waals surface area contributed by atoms with Crippen LogP contribution in [0, 0.1) is 13.8 Å². The van der Waals surface area contributed by atoms with Gasteiger partial charge in [-0.2, -0.15) is 8.42 Å². The average Bonchev–Trinajstić information content (AvgIpc) is 2.59. The molecule has 3 aromatic rings. The molecule has 0 atom stereocenters. The second kappa shape index (κ2) is 6.88. The van der Waals surface area contributed by atoms with Crippen LogP contribution in [0.3, 0.4) is 0 Å². The molecular formula is C19H17NO6S. The average molecular weight is 387 g/mol. The van der Waals surface area contributed by atoms with E-state index >= 15 is 0 Å². The van der Waals surface area contributed by atoms with Crippen LogP contribution in [0.4, 0.5) is 5.69 Å². The molecule has 8 heteroatoms. The lowest BCUT2D eigenvalue weighted by Gasteiger charge is -2.09. The summed E-state index contributed by atoms with van der Waals surface area (Å²) in [4.78, 5) is 22.8. The van der Waals surface area contributed by atoms with E-state index in [0.29, 0.717) is 16.6 Å². The van der Waals surface area contributed by atoms with E-state index in [9.17, 15) is 18.0 Å². The van der Waals surface area contributed by atoms with Gasteiger partial charge in [0.25, 0.3) is 0 Å². The summed E-state index contributed by atoms with van der Waals surface area (Å²) >= 11 is 0. The minimum absolute atomic E-state index is 0.0276. The second-order valence-corrected chi connectivity index (χ2v) is 7.59. The standard InChI is InChI=1S/C19H17NO6S/c1-11-12(2)19(22)25-18-10-15(6-9-17(11)18)26-27(23,24)16-7-4-14(5-8-16)20-13(3)21/h4-10H,1-3H3,(H,20,21). The quantitative estimate of drug-likeness (QED) is 0.545. The molecule has 27 heavy (non-hydrogen) atoms. The molecule has 0 aliphatic heterocycles. The van der Waals surface area contributed by atoms with Crippen molar-refractivity contribution in [1.82, 2.24) is 0 Å². The van der Waals surface area contributed by atoms with Crippen LogP contribution in [0.2, 0.25) is 0 Å². The molecule has 140 valence electrons. The number of benzene rings is 2. The van der Waals surface area contributed by atoms with Gasteiger partial charge >= 0.3 is 15.7 Å². The van der Waals surface area contributed by atoms with Crippen LogP contribution in [0.5, 0.6) is 5.75 Å². The minimum atomic E-state index is -4.09. The first kappa shape index (κ1) is 18.7. The first-order valence-corrected chi connectivity index (χ1v) is 9.44. The Morgan fingerprint density at radius 1 is 1.04 bits per heavy atom. The Morgan fingerprint density at radius 2 is 1.70 bits per heavy atom. The summed E-state index contributed by atoms with van der Waals surface area (Å²) in [6.07, 6.45) is 0. The number of rotatable bonds is 4. The molecule has 0 aliphatic rings. The maximum Gasteiger partial charge on any atom is 0.339 e. The first-order chi connectivity index (χ1) is 12.7. The molecule has 0 bridgehead atoms. The highest BCUT2D eigenvalue weighted by molar-refractivity contribution is 7.87. The highest BCUT2D eigenvalue weighted by atomic mass is 32.2. The molecule has 2 aromatic carbocycles. The summed E-state index contributed by atoms with van der Waals surface area (Å²) in [6, 6.07) is 10.1. The Morgan fingerprint density at radius 3 is 2.33 bits per heavy atom. The SMILES string of the molecule is CC(=O)Nc1ccc(S(=O)(=O)Oc2ccc3c(C)c(C)c(=O)oc3c2)cc1. The number of hydrogen-bond donors (Lipinski definition) is 1. The van der Waals surface area contributed by atoms with Crippen LogP contribution in [0.15, 0.2) is 56.6 Å². The zero-order valence-corrected chi connectivity index (χ0v) is 15.7. The van der Waals surface area contributed by atoms with E-state index in [1.165, 1.54) is 43.3 Å². The number of carbonyl (C=O) groups excluding carboxylic acids is 1. The predicted molar refractivity (Wildman–Crippen MR) is 101 cm³/mol. The Balaban J connectivity index is 1.92. The Labute approximate surface area is 155 Å². The summed E-state index contributed by atoms with van der Waals surface area (Å²) in [7, 11) is -4.09. The molecular weight excluding hydrogens is 370 g/mol. The summed E-state index contributed by atoms with van der Waals surface area (Å²) in [5.41, 5.74) is 1.51. The van der Waals surface area contributed by atoms with Crippen molar-refractivity contribution in [2.45, 2.75) is 25.7 Å². The Kier molecular flexibility index (Phi) is 4.75. The topological polar surface area (TPSA) is 103 Å². The molecule has 3 rings (SSSR count). The van der Waals surface area contributed by atoms with E-state index in [1.807, 2.05) is 0 Å². The molecule has 0 unspecified atom stereocenters. The van der Waals surface area contributed by atoms with Crippen molar-refractivity contribution >= 4 is 32.7 Å². The summed E-state index contributed by atoms with van der Waals surface area (Å²) in [5, 5.41) is 3.26. The van der Waals surface area contributed by atoms with Crippen LogP contribution >= 0.6 is 0 Å². The lowest BCUT2D eigenvalue weighted by molar-refractivity contribution is -0.114. The van der Waals surface area contributed by atoms with Gasteiger partial charge in [-0.3, -0.25) is 4.79 Å². The molecule has 0 saturated heterocycles. The van der Waals surface area contributed by atoms with Crippen molar-refractivity contribution < 1.29 is 21.8 Å². The van der Waals surface area contributed by atoms with E-state index in [0.717, 1.165) is 5.56 Å². The van der Waals surface area contributed by atoms with Crippen molar-refractivity contribution in [2.24, 2.45) is 0 Å². The third-order valence-electron chi connectivity index (χ3n) is 4.10. The largest absolute Gasteiger partial charge is 0.422 e. The van der Waals surface area contributed by atoms with Gasteiger partial charge in [-0.1, -0.05) is 0 Å². The number of carbonyl (C=O) groups is 1. The van der Waals surface area contributed by atoms with Gasteiger partial charge in [-0.25, -0.2) is 4.79 Å². The summed E-state index contributed by atoms with van der Waals surface area (Å²) in [5.74, 6) is -0.232. The normalized spacial score (nSPS) is 11.4. The number of fused-ring (bicyclic) bond motifs is 1. The molecule has 1 aromatic heterocycles. The zero-order chi connectivity index (χ0) is 19.8. The lowest BCUT2D eigenvalue weighted by atomic mass is 10.1. The van der Waals surface area contributed by atoms with Gasteiger partial charge in [-0.05, 0) is 55.8 Å². The van der Waals surface area contributed by atoms with Gasteiger partial charge in [0.1, 0.15) is 16.2 Å². The molecule has 1 N–H and O–H groups in total. The maximum atomic E-state index is 12.5. The van der Waals surface area contributed by atoms with Crippen molar-refractivity contribution in [2.75, 3.05) is 5.32 Å². The number of amides is 1. The molecule has 1 heterocycles. The third kappa shape index (κ3) is 3.85. The zero-order valence-electron chi connectivity index (χ0n) is 14.9. The maximum absolute atomic E-state index is 12.5. The minimum Gasteiger partial charge on any atom is -0.422 e. The first-order valence-electron chi connectivity index (χ1n) is 8.03. The van der Waals surface area contributed by atoms with Crippen molar-refractivity contribution in [3.63, 3.8) is 0 Å². The lowest BCUT2D eigenvalue weighted by Crippen LogP contribution is -2.11. The van der Waals surface area contributed by atoms with Crippen LogP contribution in [0.25, 0.3) is 11.0 Å². The van der Waals surface area contributed by atoms with E-state index < -0.39 is 15.7 Å². The van der Waals surface area contributed by atoms with Gasteiger partial charge in [-0.15, -0.1) is 0 Å². The molecule has 0 fully saturated rings. The van der Waals surface area contributed by atoms with E-state index in [-0.39, 0.29) is 22.1 Å². The van der Waals surface area contributed by atoms with E-state index in [1.54, 1.807) is 19.9 Å². The van der Waals surface area contributed by atoms with Crippen LogP contribution < -0.4 is 15.1 Å². The molecule has 0 aliphatic carbocycles. The highest BCUT2D eigenvalue weighted by Crippen LogP contribution is 2.26. The van der Waals surface area contributed by atoms with Crippen molar-refractivity contribution in [3.05, 3.63) is 64.0 Å². The predicted octanol–water partition coefficient (Wildman–Crippen LogP) is 3.14. The van der Waals surface area contributed by atoms with Crippen LogP contribution in [0.1, 0.15) is 18.1 Å². The smallest absolute Gasteiger partial charge is 0.339 e. The monoisotopic (exact) mass is 387 g/mol. The van der Waals surface area contributed by atoms with Gasteiger partial charge in [0.05, 0.1) is 0 Å². The number of anilines is 1. The fourth-order valence-electron chi connectivity index (χ4n) is 2.56. The van der Waals surface area contributed by atoms with Crippen LogP contribution in [-0.4, -0.2) is 14.3 Å². The molecule has 0 saturated carbocycles. The van der Waals surface area contributed by atoms with Gasteiger partial charge in [0, 0.05) is 29.6 Å². The van der Waals surface area contributed by atoms with E-state index in [4.69, 9.17) is 8.60 Å². The van der Waals surface area contributed by atoms with Crippen molar-refractivity contribution in [3.8, 4) is 5.75 Å². The highest BCUT2D eigenvalue weighted by Gasteiger charge is 2.18. The molecule has 0 radical (unpaired) electrons. The molecule has 1 amide bonds. The fraction of sp³-hybridized carbons (Fsp3) is 0.158. The van der Waals surface area contributed by atoms with Gasteiger partial charge in [0.2, 0.25) is 5.91 Å². The molecule has 0 spiro atoms. The Bertz CT molecular complexity index is 1190. The number of nitrogens with one attached hydrogen (secondary N) is 1. The summed E-state index contributed by atoms with van der Waals surface area (Å²) < 4.78 is 35.3. The van der Waals surface area contributed by atoms with Gasteiger partial charge in [0.15, 0.2) is 0 Å². The number of hydrogen-bond acceptors (Lipinski definition) is 6. The number of aryl methyl sites for hydroxylation is 1. The summed E-state index contributed by atoms with van der Waals surface area (Å²) in [6.45, 7) is 4.82. The third-order valence-corrected chi connectivity index (χ3v) is 5.36. The van der Waals surface area contributed by atoms with Gasteiger partial charge < -0.3 is 13.9 Å². The molecule has 7 nitrogen and oxygen atoms in total.